The van der Waals surface area contributed by atoms with Crippen molar-refractivity contribution in [2.45, 2.75) is 0 Å². The van der Waals surface area contributed by atoms with Crippen LogP contribution in [-0.4, -0.2) is 0 Å². The minimum atomic E-state index is 0.660. The van der Waals surface area contributed by atoms with E-state index in [1.165, 1.54) is 147 Å². The highest BCUT2D eigenvalue weighted by Crippen LogP contribution is 2.55. The topological polar surface area (TPSA) is 99.1 Å². The molecule has 0 saturated heterocycles. The smallest absolute Gasteiger partial charge is 0.136 e. The lowest BCUT2D eigenvalue weighted by atomic mass is 9.86. The maximum Gasteiger partial charge on any atom is 0.136 e. The van der Waals surface area contributed by atoms with E-state index in [1.54, 1.807) is 0 Å². The minimum Gasteiger partial charge on any atom is -0.456 e. The molecular formula is C121H67N3O3. The summed E-state index contributed by atoms with van der Waals surface area (Å²) in [5, 5.41) is 59.6. The highest BCUT2D eigenvalue weighted by molar-refractivity contribution is 6.28. The first-order valence-electron chi connectivity index (χ1n) is 42.8. The Balaban J connectivity index is 0.000000104. The van der Waals surface area contributed by atoms with Gasteiger partial charge in [0.1, 0.15) is 34.5 Å². The summed E-state index contributed by atoms with van der Waals surface area (Å²) >= 11 is 0. The van der Waals surface area contributed by atoms with E-state index in [9.17, 15) is 15.8 Å². The molecule has 24 aromatic rings. The maximum absolute atomic E-state index is 9.72. The first-order chi connectivity index (χ1) is 62.8. The quantitative estimate of drug-likeness (QED) is 0.159. The summed E-state index contributed by atoms with van der Waals surface area (Å²) in [6.45, 7) is 0. The number of fused-ring (bicyclic) bond motifs is 22. The predicted molar refractivity (Wildman–Crippen MR) is 525 cm³/mol. The van der Waals surface area contributed by atoms with E-state index in [0.717, 1.165) is 117 Å². The van der Waals surface area contributed by atoms with E-state index in [2.05, 4.69) is 352 Å². The number of ether oxygens (including phenoxy) is 3. The van der Waals surface area contributed by atoms with Gasteiger partial charge in [0.25, 0.3) is 0 Å². The molecule has 0 aliphatic carbocycles. The Kier molecular flexibility index (Phi) is 16.4. The summed E-state index contributed by atoms with van der Waals surface area (Å²) in [6, 6.07) is 151. The summed E-state index contributed by atoms with van der Waals surface area (Å²) in [5.74, 6) is 4.86. The van der Waals surface area contributed by atoms with E-state index >= 15 is 0 Å². The van der Waals surface area contributed by atoms with Gasteiger partial charge in [-0.1, -0.05) is 303 Å². The Hall–Kier alpha value is -17.5. The molecule has 0 radical (unpaired) electrons. The van der Waals surface area contributed by atoms with Crippen LogP contribution in [0.1, 0.15) is 16.7 Å². The van der Waals surface area contributed by atoms with E-state index in [4.69, 9.17) is 14.2 Å². The second-order valence-electron chi connectivity index (χ2n) is 33.1. The van der Waals surface area contributed by atoms with Crippen molar-refractivity contribution in [2.24, 2.45) is 0 Å². The van der Waals surface area contributed by atoms with Gasteiger partial charge in [0.15, 0.2) is 0 Å². The third-order valence-corrected chi connectivity index (χ3v) is 26.5. The lowest BCUT2D eigenvalue weighted by Gasteiger charge is -2.23. The third kappa shape index (κ3) is 11.4. The Morgan fingerprint density at radius 1 is 0.142 bits per heavy atom. The number of nitrogens with zero attached hydrogens (tertiary/aromatic N) is 3. The van der Waals surface area contributed by atoms with Gasteiger partial charge in [0.2, 0.25) is 0 Å². The molecule has 0 saturated carbocycles. The summed E-state index contributed by atoms with van der Waals surface area (Å²) in [6.07, 6.45) is 0. The molecule has 127 heavy (non-hydrogen) atoms. The van der Waals surface area contributed by atoms with Gasteiger partial charge in [-0.2, -0.15) is 15.8 Å². The number of rotatable bonds is 5. The Labute approximate surface area is 729 Å². The van der Waals surface area contributed by atoms with Gasteiger partial charge in [-0.25, -0.2) is 0 Å². The van der Waals surface area contributed by atoms with Crippen LogP contribution >= 0.6 is 0 Å². The molecule has 0 N–H and O–H groups in total. The zero-order valence-corrected chi connectivity index (χ0v) is 68.2. The molecule has 0 aromatic heterocycles. The number of nitriles is 3. The highest BCUT2D eigenvalue weighted by atomic mass is 16.5. The molecule has 584 valence electrons. The SMILES string of the molecule is N#Cc1ccc2c3c(cccc13)-c1ccc(-c3cc4c5ccccc5c(-c5cccc6ccccc56)cc4c4ccccc34)cc1O2.N#Cc1ccc2c3c(cccc13)-c1ccc(-c3cc4c5ccccc5c(-c5ccccc5)cc4c4ccccc34)cc1O2.N#Cc1ccc2c3c(cccc13)-c1ccc(-c3cc4c5ccccc5ccc4c4ccccc34)cc1O2. The van der Waals surface area contributed by atoms with Crippen molar-refractivity contribution in [1.29, 1.82) is 15.8 Å². The van der Waals surface area contributed by atoms with Crippen molar-refractivity contribution in [2.75, 3.05) is 0 Å². The molecule has 6 nitrogen and oxygen atoms in total. The Morgan fingerprint density at radius 2 is 0.417 bits per heavy atom. The van der Waals surface area contributed by atoms with Gasteiger partial charge in [0, 0.05) is 49.0 Å². The van der Waals surface area contributed by atoms with Gasteiger partial charge in [-0.15, -0.1) is 0 Å². The zero-order chi connectivity index (χ0) is 84.1. The fourth-order valence-electron chi connectivity index (χ4n) is 20.7. The Bertz CT molecular complexity index is 9110. The van der Waals surface area contributed by atoms with Crippen molar-refractivity contribution in [3.8, 4) is 142 Å². The van der Waals surface area contributed by atoms with Crippen LogP contribution in [-0.2, 0) is 0 Å². The predicted octanol–water partition coefficient (Wildman–Crippen LogP) is 33.3. The maximum atomic E-state index is 9.72. The fourth-order valence-corrected chi connectivity index (χ4v) is 20.7. The lowest BCUT2D eigenvalue weighted by Crippen LogP contribution is -1.98. The minimum absolute atomic E-state index is 0.660. The van der Waals surface area contributed by atoms with Crippen LogP contribution < -0.4 is 14.2 Å². The van der Waals surface area contributed by atoms with Crippen molar-refractivity contribution >= 4 is 140 Å². The third-order valence-electron chi connectivity index (χ3n) is 26.5. The van der Waals surface area contributed by atoms with E-state index < -0.39 is 0 Å². The van der Waals surface area contributed by atoms with Crippen molar-refractivity contribution in [1.82, 2.24) is 0 Å². The van der Waals surface area contributed by atoms with Crippen molar-refractivity contribution < 1.29 is 14.2 Å². The van der Waals surface area contributed by atoms with Crippen LogP contribution in [0.5, 0.6) is 34.5 Å². The Morgan fingerprint density at radius 3 is 0.811 bits per heavy atom. The summed E-state index contributed by atoms with van der Waals surface area (Å²) in [7, 11) is 0. The average Bonchev–Trinajstić information content (AvgIpc) is 0.732. The van der Waals surface area contributed by atoms with Gasteiger partial charge in [-0.05, 0) is 283 Å². The molecule has 0 amide bonds. The van der Waals surface area contributed by atoms with E-state index in [1.807, 2.05) is 72.8 Å². The molecule has 6 heteroatoms. The standard InChI is InChI=1S/C45H25NO.C41H23NO.C35H19NO/c46-26-29-20-22-43-45-31(29)16-8-18-38(45)37-21-19-28(23-44(37)47-43)39-24-41-36-15-6-5-14-35(36)40(25-42(41)34-13-4-3-12-33(34)39)32-17-7-10-27-9-1-2-11-30(27)32;42-24-27-18-20-39-41-28(27)15-8-16-34(41)33-19-17-26(21-40(33)43-39)36-23-38-31-13-6-4-11-29(31)35(25-9-2-1-3-10-25)22-37(38)32-14-7-5-12-30(32)36;36-20-23-14-17-33-35-25(23)10-5-11-30(35)29-16-13-22(18-34(29)37-33)31-19-32-24-7-2-1-6-21(24)12-15-28(32)26-8-3-4-9-27(26)31/h1-25H;1-23H;1-19H. The van der Waals surface area contributed by atoms with Crippen LogP contribution in [0.25, 0.3) is 229 Å². The number of benzene rings is 24. The molecule has 3 aliphatic rings. The van der Waals surface area contributed by atoms with Crippen LogP contribution in [0.3, 0.4) is 0 Å². The monoisotopic (exact) mass is 1610 g/mol. The fraction of sp³-hybridized carbons (Fsp3) is 0. The lowest BCUT2D eigenvalue weighted by molar-refractivity contribution is 0.487. The van der Waals surface area contributed by atoms with E-state index in [-0.39, 0.29) is 0 Å². The second kappa shape index (κ2) is 28.9. The summed E-state index contributed by atoms with van der Waals surface area (Å²) in [4.78, 5) is 0. The molecule has 0 spiro atoms. The normalized spacial score (nSPS) is 11.9. The van der Waals surface area contributed by atoms with Gasteiger partial charge in [-0.3, -0.25) is 0 Å². The zero-order valence-electron chi connectivity index (χ0n) is 68.2. The molecule has 0 fully saturated rings. The first-order valence-corrected chi connectivity index (χ1v) is 42.8. The average molecular weight is 1610 g/mol. The van der Waals surface area contributed by atoms with E-state index in [0.29, 0.717) is 16.7 Å². The highest BCUT2D eigenvalue weighted by Gasteiger charge is 2.28. The molecule has 3 heterocycles. The van der Waals surface area contributed by atoms with Gasteiger partial charge < -0.3 is 14.2 Å². The van der Waals surface area contributed by atoms with Crippen molar-refractivity contribution in [3.63, 3.8) is 0 Å². The van der Waals surface area contributed by atoms with Crippen molar-refractivity contribution in [3.05, 3.63) is 423 Å². The van der Waals surface area contributed by atoms with Crippen LogP contribution in [0, 0.1) is 34.0 Å². The molecule has 0 bridgehead atoms. The van der Waals surface area contributed by atoms with Gasteiger partial charge >= 0.3 is 0 Å². The molecule has 0 unspecified atom stereocenters. The second-order valence-corrected chi connectivity index (χ2v) is 33.1. The summed E-state index contributed by atoms with van der Waals surface area (Å²) < 4.78 is 19.6. The van der Waals surface area contributed by atoms with Crippen LogP contribution in [0.4, 0.5) is 0 Å². The van der Waals surface area contributed by atoms with Gasteiger partial charge in [0.05, 0.1) is 34.9 Å². The number of hydrogen-bond donors (Lipinski definition) is 0. The molecule has 27 rings (SSSR count). The molecule has 0 atom stereocenters. The first kappa shape index (κ1) is 72.4. The molecule has 24 aromatic carbocycles. The molecular weight excluding hydrogens is 1540 g/mol. The van der Waals surface area contributed by atoms with Crippen LogP contribution in [0.15, 0.2) is 406 Å². The molecule has 3 aliphatic heterocycles. The number of hydrogen-bond acceptors (Lipinski definition) is 6. The largest absolute Gasteiger partial charge is 0.456 e. The summed E-state index contributed by atoms with van der Waals surface area (Å²) in [5.41, 5.74) is 20.2. The van der Waals surface area contributed by atoms with Crippen LogP contribution in [0.2, 0.25) is 0 Å².